The molecule has 0 saturated carbocycles. The van der Waals surface area contributed by atoms with Crippen LogP contribution < -0.4 is 10.6 Å². The Bertz CT molecular complexity index is 461. The molecule has 2 rings (SSSR count). The summed E-state index contributed by atoms with van der Waals surface area (Å²) in [7, 11) is 0. The van der Waals surface area contributed by atoms with Gasteiger partial charge in [-0.15, -0.1) is 6.58 Å². The fraction of sp³-hybridized carbons (Fsp3) is 0.500. The summed E-state index contributed by atoms with van der Waals surface area (Å²) in [6, 6.07) is 11.2. The van der Waals surface area contributed by atoms with Gasteiger partial charge in [0.2, 0.25) is 0 Å². The van der Waals surface area contributed by atoms with Crippen molar-refractivity contribution in [3.63, 3.8) is 0 Å². The van der Waals surface area contributed by atoms with Crippen molar-refractivity contribution >= 4 is 5.96 Å². The van der Waals surface area contributed by atoms with Gasteiger partial charge >= 0.3 is 0 Å². The largest absolute Gasteiger partial charge is 0.357 e. The van der Waals surface area contributed by atoms with E-state index in [0.717, 1.165) is 45.0 Å². The lowest BCUT2D eigenvalue weighted by Crippen LogP contribution is -2.48. The van der Waals surface area contributed by atoms with Crippen molar-refractivity contribution < 1.29 is 0 Å². The van der Waals surface area contributed by atoms with Crippen molar-refractivity contribution in [2.24, 2.45) is 4.99 Å². The maximum atomic E-state index is 4.48. The Kier molecular flexibility index (Phi) is 6.97. The molecule has 1 aromatic rings. The quantitative estimate of drug-likeness (QED) is 0.481. The summed E-state index contributed by atoms with van der Waals surface area (Å²) in [5.41, 5.74) is 1.40. The highest BCUT2D eigenvalue weighted by molar-refractivity contribution is 5.80. The van der Waals surface area contributed by atoms with Crippen molar-refractivity contribution in [2.45, 2.75) is 32.4 Å². The fourth-order valence-corrected chi connectivity index (χ4v) is 2.75. The van der Waals surface area contributed by atoms with Crippen LogP contribution in [0, 0.1) is 0 Å². The van der Waals surface area contributed by atoms with Crippen LogP contribution in [0.1, 0.15) is 25.3 Å². The molecule has 0 aromatic heterocycles. The molecule has 1 aromatic carbocycles. The Morgan fingerprint density at radius 3 is 2.68 bits per heavy atom. The highest BCUT2D eigenvalue weighted by Crippen LogP contribution is 2.13. The molecular formula is C18H28N4. The minimum atomic E-state index is 0.509. The molecule has 0 bridgehead atoms. The number of likely N-dealkylation sites (tertiary alicyclic amines) is 1. The Hall–Kier alpha value is -1.81. The van der Waals surface area contributed by atoms with E-state index in [9.17, 15) is 0 Å². The van der Waals surface area contributed by atoms with Crippen molar-refractivity contribution in [1.82, 2.24) is 15.5 Å². The summed E-state index contributed by atoms with van der Waals surface area (Å²) in [6.07, 6.45) is 4.14. The monoisotopic (exact) mass is 300 g/mol. The van der Waals surface area contributed by atoms with Gasteiger partial charge in [-0.2, -0.15) is 0 Å². The predicted molar refractivity (Wildman–Crippen MR) is 94.1 cm³/mol. The second-order valence-electron chi connectivity index (χ2n) is 5.69. The first-order chi connectivity index (χ1) is 10.8. The molecule has 1 aliphatic rings. The van der Waals surface area contributed by atoms with Gasteiger partial charge in [0.05, 0.1) is 6.54 Å². The number of rotatable bonds is 6. The van der Waals surface area contributed by atoms with Crippen LogP contribution in [-0.4, -0.2) is 43.1 Å². The summed E-state index contributed by atoms with van der Waals surface area (Å²) in [5.74, 6) is 0.906. The number of hydrogen-bond acceptors (Lipinski definition) is 2. The van der Waals surface area contributed by atoms with Crippen molar-refractivity contribution in [1.29, 1.82) is 0 Å². The van der Waals surface area contributed by atoms with Gasteiger partial charge in [-0.1, -0.05) is 36.4 Å². The molecule has 1 heterocycles. The summed E-state index contributed by atoms with van der Waals surface area (Å²) >= 11 is 0. The van der Waals surface area contributed by atoms with Crippen LogP contribution >= 0.6 is 0 Å². The molecule has 0 aliphatic carbocycles. The van der Waals surface area contributed by atoms with E-state index in [1.54, 1.807) is 0 Å². The molecule has 2 N–H and O–H groups in total. The van der Waals surface area contributed by atoms with Crippen LogP contribution in [0.4, 0.5) is 0 Å². The first kappa shape index (κ1) is 16.6. The van der Waals surface area contributed by atoms with E-state index in [1.807, 2.05) is 6.08 Å². The summed E-state index contributed by atoms with van der Waals surface area (Å²) in [6.45, 7) is 10.7. The average Bonchev–Trinajstić information content (AvgIpc) is 2.55. The van der Waals surface area contributed by atoms with E-state index in [4.69, 9.17) is 0 Å². The molecule has 0 amide bonds. The van der Waals surface area contributed by atoms with E-state index in [2.05, 4.69) is 64.4 Å². The van der Waals surface area contributed by atoms with Crippen LogP contribution in [0.2, 0.25) is 0 Å². The molecule has 1 fully saturated rings. The normalized spacial score (nSPS) is 17.2. The predicted octanol–water partition coefficient (Wildman–Crippen LogP) is 2.39. The van der Waals surface area contributed by atoms with Gasteiger partial charge in [-0.25, -0.2) is 4.99 Å². The van der Waals surface area contributed by atoms with Crippen LogP contribution in [0.15, 0.2) is 48.0 Å². The second-order valence-corrected chi connectivity index (χ2v) is 5.69. The smallest absolute Gasteiger partial charge is 0.191 e. The number of aliphatic imine (C=N–C) groups is 1. The highest BCUT2D eigenvalue weighted by Gasteiger charge is 2.19. The minimum Gasteiger partial charge on any atom is -0.357 e. The molecule has 0 radical (unpaired) electrons. The zero-order valence-corrected chi connectivity index (χ0v) is 13.6. The third-order valence-corrected chi connectivity index (χ3v) is 3.90. The van der Waals surface area contributed by atoms with E-state index in [1.165, 1.54) is 5.56 Å². The van der Waals surface area contributed by atoms with E-state index >= 15 is 0 Å². The lowest BCUT2D eigenvalue weighted by molar-refractivity contribution is 0.198. The Morgan fingerprint density at radius 1 is 1.32 bits per heavy atom. The Morgan fingerprint density at radius 2 is 2.05 bits per heavy atom. The minimum absolute atomic E-state index is 0.509. The number of nitrogens with zero attached hydrogens (tertiary/aromatic N) is 2. The molecule has 0 spiro atoms. The topological polar surface area (TPSA) is 39.7 Å². The van der Waals surface area contributed by atoms with Crippen molar-refractivity contribution in [3.05, 3.63) is 48.6 Å². The lowest BCUT2D eigenvalue weighted by atomic mass is 10.0. The van der Waals surface area contributed by atoms with Crippen LogP contribution in [0.5, 0.6) is 0 Å². The van der Waals surface area contributed by atoms with Gasteiger partial charge in [0.15, 0.2) is 5.96 Å². The Labute approximate surface area is 134 Å². The molecule has 0 atom stereocenters. The molecule has 1 aliphatic heterocycles. The Balaban J connectivity index is 1.77. The molecule has 0 unspecified atom stereocenters. The first-order valence-corrected chi connectivity index (χ1v) is 8.24. The van der Waals surface area contributed by atoms with E-state index in [-0.39, 0.29) is 0 Å². The number of nitrogens with one attached hydrogen (secondary N) is 2. The first-order valence-electron chi connectivity index (χ1n) is 8.24. The molecule has 120 valence electrons. The molecule has 1 saturated heterocycles. The summed E-state index contributed by atoms with van der Waals surface area (Å²) in [5, 5.41) is 6.83. The summed E-state index contributed by atoms with van der Waals surface area (Å²) in [4.78, 5) is 7.00. The molecular weight excluding hydrogens is 272 g/mol. The molecule has 22 heavy (non-hydrogen) atoms. The van der Waals surface area contributed by atoms with Crippen LogP contribution in [0.25, 0.3) is 0 Å². The number of hydrogen-bond donors (Lipinski definition) is 2. The molecule has 4 nitrogen and oxygen atoms in total. The van der Waals surface area contributed by atoms with Gasteiger partial charge in [0.25, 0.3) is 0 Å². The second kappa shape index (κ2) is 9.26. The maximum absolute atomic E-state index is 4.48. The van der Waals surface area contributed by atoms with Crippen molar-refractivity contribution in [2.75, 3.05) is 26.2 Å². The van der Waals surface area contributed by atoms with E-state index < -0.39 is 0 Å². The standard InChI is InChI=1S/C18H28N4/c1-3-12-20-18(19-4-2)21-17-10-13-22(14-11-17)15-16-8-6-5-7-9-16/h3,5-9,17H,1,4,10-15H2,2H3,(H2,19,20,21). The van der Waals surface area contributed by atoms with Crippen molar-refractivity contribution in [3.8, 4) is 0 Å². The lowest BCUT2D eigenvalue weighted by Gasteiger charge is -2.33. The van der Waals surface area contributed by atoms with Gasteiger partial charge in [0, 0.05) is 32.2 Å². The summed E-state index contributed by atoms with van der Waals surface area (Å²) < 4.78 is 0. The highest BCUT2D eigenvalue weighted by atomic mass is 15.2. The number of piperidine rings is 1. The number of guanidine groups is 1. The third-order valence-electron chi connectivity index (χ3n) is 3.90. The van der Waals surface area contributed by atoms with Gasteiger partial charge in [-0.05, 0) is 25.3 Å². The van der Waals surface area contributed by atoms with Gasteiger partial charge in [-0.3, -0.25) is 4.90 Å². The number of benzene rings is 1. The van der Waals surface area contributed by atoms with E-state index in [0.29, 0.717) is 12.6 Å². The average molecular weight is 300 g/mol. The zero-order chi connectivity index (χ0) is 15.6. The SMILES string of the molecule is C=CCN=C(NCC)NC1CCN(Cc2ccccc2)CC1. The van der Waals surface area contributed by atoms with Crippen LogP contribution in [-0.2, 0) is 6.54 Å². The third kappa shape index (κ3) is 5.53. The zero-order valence-electron chi connectivity index (χ0n) is 13.6. The molecule has 4 heteroatoms. The van der Waals surface area contributed by atoms with Crippen LogP contribution in [0.3, 0.4) is 0 Å². The van der Waals surface area contributed by atoms with Gasteiger partial charge in [0.1, 0.15) is 0 Å². The fourth-order valence-electron chi connectivity index (χ4n) is 2.75. The maximum Gasteiger partial charge on any atom is 0.191 e. The van der Waals surface area contributed by atoms with Gasteiger partial charge < -0.3 is 10.6 Å².